The van der Waals surface area contributed by atoms with Gasteiger partial charge >= 0.3 is 0 Å². The molecule has 0 spiro atoms. The Kier molecular flexibility index (Phi) is 3.22. The van der Waals surface area contributed by atoms with Crippen molar-refractivity contribution in [1.29, 1.82) is 0 Å². The zero-order valence-electron chi connectivity index (χ0n) is 10.1. The maximum absolute atomic E-state index is 5.38. The summed E-state index contributed by atoms with van der Waals surface area (Å²) in [4.78, 5) is 8.91. The van der Waals surface area contributed by atoms with Crippen LogP contribution in [-0.2, 0) is 4.74 Å². The number of hydrogen-bond acceptors (Lipinski definition) is 4. The highest BCUT2D eigenvalue weighted by Crippen LogP contribution is 2.28. The third kappa shape index (κ3) is 2.10. The third-order valence-electron chi connectivity index (χ3n) is 3.23. The van der Waals surface area contributed by atoms with Crippen molar-refractivity contribution in [3.05, 3.63) is 22.7 Å². The number of aromatic nitrogens is 3. The quantitative estimate of drug-likeness (QED) is 0.854. The molecule has 0 saturated carbocycles. The van der Waals surface area contributed by atoms with E-state index in [-0.39, 0.29) is 0 Å². The second kappa shape index (κ2) is 4.85. The van der Waals surface area contributed by atoms with Gasteiger partial charge in [-0.15, -0.1) is 0 Å². The maximum atomic E-state index is 5.38. The van der Waals surface area contributed by atoms with Gasteiger partial charge in [0.1, 0.15) is 4.60 Å². The van der Waals surface area contributed by atoms with Gasteiger partial charge in [-0.3, -0.25) is 4.40 Å². The minimum Gasteiger partial charge on any atom is -0.478 e. The molecule has 3 heterocycles. The molecule has 0 atom stereocenters. The first-order chi connectivity index (χ1) is 8.78. The lowest BCUT2D eigenvalue weighted by Crippen LogP contribution is -2.14. The van der Waals surface area contributed by atoms with E-state index in [2.05, 4.69) is 32.1 Å². The fourth-order valence-electron chi connectivity index (χ4n) is 2.29. The van der Waals surface area contributed by atoms with Crippen LogP contribution in [0.25, 0.3) is 5.65 Å². The molecule has 2 aromatic heterocycles. The van der Waals surface area contributed by atoms with Gasteiger partial charge in [0, 0.05) is 31.5 Å². The summed E-state index contributed by atoms with van der Waals surface area (Å²) >= 11 is 3.37. The molecule has 1 aliphatic heterocycles. The minimum atomic E-state index is 0.474. The van der Waals surface area contributed by atoms with Crippen molar-refractivity contribution >= 4 is 21.6 Å². The normalized spacial score (nSPS) is 17.2. The average Bonchev–Trinajstić information content (AvgIpc) is 2.82. The highest BCUT2D eigenvalue weighted by Gasteiger charge is 2.20. The highest BCUT2D eigenvalue weighted by atomic mass is 79.9. The second-order valence-corrected chi connectivity index (χ2v) is 5.17. The van der Waals surface area contributed by atoms with Crippen LogP contribution in [0.5, 0.6) is 5.88 Å². The molecule has 0 N–H and O–H groups in total. The monoisotopic (exact) mass is 311 g/mol. The Labute approximate surface area is 113 Å². The average molecular weight is 312 g/mol. The SMILES string of the molecule is COc1nc(Br)cn2cc(C3CCOCC3)nc12. The zero-order chi connectivity index (χ0) is 12.5. The number of rotatable bonds is 2. The van der Waals surface area contributed by atoms with Crippen LogP contribution in [0.3, 0.4) is 0 Å². The van der Waals surface area contributed by atoms with E-state index in [9.17, 15) is 0 Å². The van der Waals surface area contributed by atoms with E-state index in [1.54, 1.807) is 7.11 Å². The Morgan fingerprint density at radius 1 is 1.33 bits per heavy atom. The fourth-order valence-corrected chi connectivity index (χ4v) is 2.67. The molecule has 1 fully saturated rings. The molecule has 0 amide bonds. The number of imidazole rings is 1. The van der Waals surface area contributed by atoms with Crippen molar-refractivity contribution in [2.24, 2.45) is 0 Å². The summed E-state index contributed by atoms with van der Waals surface area (Å²) in [5.74, 6) is 1.02. The van der Waals surface area contributed by atoms with Gasteiger partial charge in [-0.1, -0.05) is 0 Å². The summed E-state index contributed by atoms with van der Waals surface area (Å²) < 4.78 is 13.3. The van der Waals surface area contributed by atoms with Crippen LogP contribution in [0.1, 0.15) is 24.5 Å². The smallest absolute Gasteiger partial charge is 0.259 e. The van der Waals surface area contributed by atoms with Gasteiger partial charge in [0.2, 0.25) is 5.65 Å². The van der Waals surface area contributed by atoms with Gasteiger partial charge in [-0.25, -0.2) is 9.97 Å². The Morgan fingerprint density at radius 3 is 2.83 bits per heavy atom. The summed E-state index contributed by atoms with van der Waals surface area (Å²) in [5.41, 5.74) is 1.86. The fraction of sp³-hybridized carbons (Fsp3) is 0.500. The summed E-state index contributed by atoms with van der Waals surface area (Å²) in [7, 11) is 1.61. The van der Waals surface area contributed by atoms with Crippen LogP contribution in [0.4, 0.5) is 0 Å². The molecule has 1 saturated heterocycles. The molecular weight excluding hydrogens is 298 g/mol. The number of methoxy groups -OCH3 is 1. The molecule has 18 heavy (non-hydrogen) atoms. The molecule has 96 valence electrons. The van der Waals surface area contributed by atoms with Crippen LogP contribution >= 0.6 is 15.9 Å². The first-order valence-electron chi connectivity index (χ1n) is 5.95. The van der Waals surface area contributed by atoms with Crippen LogP contribution in [-0.4, -0.2) is 34.7 Å². The molecule has 6 heteroatoms. The number of fused-ring (bicyclic) bond motifs is 1. The molecular formula is C12H14BrN3O2. The first kappa shape index (κ1) is 11.9. The van der Waals surface area contributed by atoms with Crippen molar-refractivity contribution in [2.45, 2.75) is 18.8 Å². The Morgan fingerprint density at radius 2 is 2.11 bits per heavy atom. The molecule has 3 rings (SSSR count). The van der Waals surface area contributed by atoms with E-state index >= 15 is 0 Å². The molecule has 0 radical (unpaired) electrons. The van der Waals surface area contributed by atoms with E-state index < -0.39 is 0 Å². The number of halogens is 1. The lowest BCUT2D eigenvalue weighted by atomic mass is 9.97. The molecule has 1 aliphatic rings. The molecule has 5 nitrogen and oxygen atoms in total. The van der Waals surface area contributed by atoms with Crippen molar-refractivity contribution in [3.63, 3.8) is 0 Å². The highest BCUT2D eigenvalue weighted by molar-refractivity contribution is 9.10. The lowest BCUT2D eigenvalue weighted by molar-refractivity contribution is 0.0846. The predicted molar refractivity (Wildman–Crippen MR) is 70.0 cm³/mol. The van der Waals surface area contributed by atoms with Crippen molar-refractivity contribution < 1.29 is 9.47 Å². The summed E-state index contributed by atoms with van der Waals surface area (Å²) in [6.07, 6.45) is 6.01. The van der Waals surface area contributed by atoms with Gasteiger partial charge < -0.3 is 9.47 Å². The van der Waals surface area contributed by atoms with E-state index in [0.29, 0.717) is 11.8 Å². The molecule has 2 aromatic rings. The standard InChI is InChI=1S/C12H14BrN3O2/c1-17-12-11-14-9(8-2-4-18-5-3-8)6-16(11)7-10(13)15-12/h6-8H,2-5H2,1H3. The summed E-state index contributed by atoms with van der Waals surface area (Å²) in [6.45, 7) is 1.63. The van der Waals surface area contributed by atoms with Crippen molar-refractivity contribution in [2.75, 3.05) is 20.3 Å². The lowest BCUT2D eigenvalue weighted by Gasteiger charge is -2.19. The van der Waals surface area contributed by atoms with Crippen LogP contribution in [0, 0.1) is 0 Å². The topological polar surface area (TPSA) is 48.7 Å². The zero-order valence-corrected chi connectivity index (χ0v) is 11.7. The van der Waals surface area contributed by atoms with Gasteiger partial charge in [0.05, 0.1) is 12.8 Å². The Balaban J connectivity index is 2.04. The Hall–Kier alpha value is -1.14. The van der Waals surface area contributed by atoms with E-state index in [4.69, 9.17) is 9.47 Å². The third-order valence-corrected chi connectivity index (χ3v) is 3.61. The van der Waals surface area contributed by atoms with Gasteiger partial charge in [-0.05, 0) is 28.8 Å². The number of nitrogens with zero attached hydrogens (tertiary/aromatic N) is 3. The largest absolute Gasteiger partial charge is 0.478 e. The summed E-state index contributed by atoms with van der Waals surface area (Å²) in [5, 5.41) is 0. The van der Waals surface area contributed by atoms with Crippen LogP contribution < -0.4 is 4.74 Å². The van der Waals surface area contributed by atoms with Crippen LogP contribution in [0.2, 0.25) is 0 Å². The van der Waals surface area contributed by atoms with Crippen molar-refractivity contribution in [1.82, 2.24) is 14.4 Å². The number of ether oxygens (including phenoxy) is 2. The number of hydrogen-bond donors (Lipinski definition) is 0. The van der Waals surface area contributed by atoms with E-state index in [0.717, 1.165) is 42.0 Å². The summed E-state index contributed by atoms with van der Waals surface area (Å²) in [6, 6.07) is 0. The first-order valence-corrected chi connectivity index (χ1v) is 6.74. The maximum Gasteiger partial charge on any atom is 0.259 e. The van der Waals surface area contributed by atoms with E-state index in [1.807, 2.05) is 10.6 Å². The molecule has 0 bridgehead atoms. The van der Waals surface area contributed by atoms with Gasteiger partial charge in [-0.2, -0.15) is 0 Å². The second-order valence-electron chi connectivity index (χ2n) is 4.36. The predicted octanol–water partition coefficient (Wildman–Crippen LogP) is 2.39. The molecule has 0 aromatic carbocycles. The van der Waals surface area contributed by atoms with Gasteiger partial charge in [0.15, 0.2) is 0 Å². The van der Waals surface area contributed by atoms with Crippen molar-refractivity contribution in [3.8, 4) is 5.88 Å². The Bertz CT molecular complexity index is 564. The van der Waals surface area contributed by atoms with Crippen LogP contribution in [0.15, 0.2) is 17.0 Å². The molecule has 0 aliphatic carbocycles. The minimum absolute atomic E-state index is 0.474. The van der Waals surface area contributed by atoms with E-state index in [1.165, 1.54) is 0 Å². The van der Waals surface area contributed by atoms with Gasteiger partial charge in [0.25, 0.3) is 5.88 Å². The molecule has 0 unspecified atom stereocenters.